The van der Waals surface area contributed by atoms with E-state index in [1.807, 2.05) is 0 Å². The molecule has 6 heteroatoms. The molecule has 2 rings (SSSR count). The predicted octanol–water partition coefficient (Wildman–Crippen LogP) is 1.74. The van der Waals surface area contributed by atoms with Gasteiger partial charge in [0.15, 0.2) is 11.4 Å². The Labute approximate surface area is 96.1 Å². The number of rotatable bonds is 2. The summed E-state index contributed by atoms with van der Waals surface area (Å²) in [6.07, 6.45) is 7.03. The predicted molar refractivity (Wildman–Crippen MR) is 56.2 cm³/mol. The molecule has 0 spiro atoms. The average molecular weight is 236 g/mol. The molecule has 0 unspecified atom stereocenters. The molecule has 0 aliphatic carbocycles. The van der Waals surface area contributed by atoms with E-state index in [9.17, 15) is 4.79 Å². The van der Waals surface area contributed by atoms with Crippen LogP contribution in [0.4, 0.5) is 0 Å². The van der Waals surface area contributed by atoms with Crippen molar-refractivity contribution in [3.05, 3.63) is 47.8 Å². The highest BCUT2D eigenvalue weighted by Gasteiger charge is 2.10. The van der Waals surface area contributed by atoms with Crippen LogP contribution in [0.5, 0.6) is 5.75 Å². The van der Waals surface area contributed by atoms with Gasteiger partial charge in [-0.05, 0) is 0 Å². The average Bonchev–Trinajstić information content (AvgIpc) is 2.30. The molecule has 2 aromatic heterocycles. The van der Waals surface area contributed by atoms with Gasteiger partial charge in [-0.1, -0.05) is 11.6 Å². The third-order valence-electron chi connectivity index (χ3n) is 1.66. The van der Waals surface area contributed by atoms with Gasteiger partial charge in [0, 0.05) is 24.7 Å². The zero-order valence-electron chi connectivity index (χ0n) is 8.00. The molecular formula is C10H6ClN3O2. The second kappa shape index (κ2) is 4.67. The zero-order valence-corrected chi connectivity index (χ0v) is 8.76. The Hall–Kier alpha value is -2.01. The van der Waals surface area contributed by atoms with Gasteiger partial charge in [0.25, 0.3) is 0 Å². The highest BCUT2D eigenvalue weighted by Crippen LogP contribution is 2.15. The Morgan fingerprint density at radius 3 is 2.75 bits per heavy atom. The van der Waals surface area contributed by atoms with E-state index < -0.39 is 5.97 Å². The number of nitrogens with zero attached hydrogens (tertiary/aromatic N) is 3. The van der Waals surface area contributed by atoms with Crippen molar-refractivity contribution in [1.82, 2.24) is 15.0 Å². The molecule has 0 aliphatic heterocycles. The first kappa shape index (κ1) is 10.5. The second-order valence-corrected chi connectivity index (χ2v) is 3.26. The van der Waals surface area contributed by atoms with Crippen molar-refractivity contribution in [2.75, 3.05) is 0 Å². The molecule has 0 N–H and O–H groups in total. The lowest BCUT2D eigenvalue weighted by Gasteiger charge is -2.02. The van der Waals surface area contributed by atoms with Crippen LogP contribution >= 0.6 is 11.6 Å². The number of carbonyl (C=O) groups is 1. The molecule has 0 atom stereocenters. The molecule has 0 aromatic carbocycles. The smallest absolute Gasteiger partial charge is 0.363 e. The highest BCUT2D eigenvalue weighted by atomic mass is 35.5. The molecule has 2 aromatic rings. The molecule has 16 heavy (non-hydrogen) atoms. The largest absolute Gasteiger partial charge is 0.420 e. The zero-order chi connectivity index (χ0) is 11.4. The summed E-state index contributed by atoms with van der Waals surface area (Å²) in [5.74, 6) is -0.333. The molecule has 80 valence electrons. The van der Waals surface area contributed by atoms with Crippen molar-refractivity contribution in [2.24, 2.45) is 0 Å². The fraction of sp³-hybridized carbons (Fsp3) is 0. The summed E-state index contributed by atoms with van der Waals surface area (Å²) < 4.78 is 4.99. The van der Waals surface area contributed by atoms with Gasteiger partial charge in [-0.2, -0.15) is 0 Å². The number of hydrogen-bond acceptors (Lipinski definition) is 5. The van der Waals surface area contributed by atoms with Gasteiger partial charge < -0.3 is 4.74 Å². The SMILES string of the molecule is O=C(Oc1cncc(Cl)c1)c1cnccn1. The van der Waals surface area contributed by atoms with Crippen molar-refractivity contribution in [2.45, 2.75) is 0 Å². The van der Waals surface area contributed by atoms with E-state index in [1.54, 1.807) is 0 Å². The molecule has 0 radical (unpaired) electrons. The van der Waals surface area contributed by atoms with E-state index in [1.165, 1.54) is 37.1 Å². The van der Waals surface area contributed by atoms with E-state index in [2.05, 4.69) is 15.0 Å². The Balaban J connectivity index is 2.14. The first-order valence-corrected chi connectivity index (χ1v) is 4.72. The van der Waals surface area contributed by atoms with Crippen LogP contribution in [0.1, 0.15) is 10.5 Å². The van der Waals surface area contributed by atoms with E-state index in [4.69, 9.17) is 16.3 Å². The normalized spacial score (nSPS) is 9.81. The Morgan fingerprint density at radius 1 is 1.19 bits per heavy atom. The Morgan fingerprint density at radius 2 is 2.06 bits per heavy atom. The fourth-order valence-corrected chi connectivity index (χ4v) is 1.18. The van der Waals surface area contributed by atoms with Crippen LogP contribution in [0.2, 0.25) is 5.02 Å². The molecule has 0 amide bonds. The van der Waals surface area contributed by atoms with Crippen LogP contribution in [-0.2, 0) is 0 Å². The summed E-state index contributed by atoms with van der Waals surface area (Å²) >= 11 is 5.69. The van der Waals surface area contributed by atoms with Crippen molar-refractivity contribution >= 4 is 17.6 Å². The first-order chi connectivity index (χ1) is 7.75. The standard InChI is InChI=1S/C10H6ClN3O2/c11-7-3-8(5-13-4-7)16-10(15)9-6-12-1-2-14-9/h1-6H. The van der Waals surface area contributed by atoms with Crippen LogP contribution < -0.4 is 4.74 Å². The molecule has 0 bridgehead atoms. The maximum absolute atomic E-state index is 11.5. The molecule has 0 fully saturated rings. The van der Waals surface area contributed by atoms with Crippen LogP contribution in [-0.4, -0.2) is 20.9 Å². The summed E-state index contributed by atoms with van der Waals surface area (Å²) in [6, 6.07) is 1.49. The summed E-state index contributed by atoms with van der Waals surface area (Å²) in [4.78, 5) is 22.9. The van der Waals surface area contributed by atoms with Crippen molar-refractivity contribution in [3.8, 4) is 5.75 Å². The highest BCUT2D eigenvalue weighted by molar-refractivity contribution is 6.30. The van der Waals surface area contributed by atoms with Crippen LogP contribution in [0.25, 0.3) is 0 Å². The minimum atomic E-state index is -0.600. The molecule has 2 heterocycles. The fourth-order valence-electron chi connectivity index (χ4n) is 1.01. The lowest BCUT2D eigenvalue weighted by atomic mass is 10.4. The summed E-state index contributed by atoms with van der Waals surface area (Å²) in [5.41, 5.74) is 0.127. The van der Waals surface area contributed by atoms with E-state index in [0.29, 0.717) is 5.02 Å². The number of hydrogen-bond donors (Lipinski definition) is 0. The summed E-state index contributed by atoms with van der Waals surface area (Å²) in [6.45, 7) is 0. The van der Waals surface area contributed by atoms with Gasteiger partial charge in [-0.3, -0.25) is 9.97 Å². The van der Waals surface area contributed by atoms with Gasteiger partial charge in [-0.25, -0.2) is 9.78 Å². The van der Waals surface area contributed by atoms with Crippen LogP contribution in [0.3, 0.4) is 0 Å². The Bertz CT molecular complexity index is 504. The van der Waals surface area contributed by atoms with E-state index >= 15 is 0 Å². The van der Waals surface area contributed by atoms with E-state index in [0.717, 1.165) is 0 Å². The van der Waals surface area contributed by atoms with Crippen LogP contribution in [0.15, 0.2) is 37.1 Å². The number of ether oxygens (including phenoxy) is 1. The molecule has 0 saturated carbocycles. The third kappa shape index (κ3) is 2.52. The minimum absolute atomic E-state index is 0.127. The second-order valence-electron chi connectivity index (χ2n) is 2.82. The molecular weight excluding hydrogens is 230 g/mol. The van der Waals surface area contributed by atoms with Crippen molar-refractivity contribution in [3.63, 3.8) is 0 Å². The van der Waals surface area contributed by atoms with Gasteiger partial charge in [-0.15, -0.1) is 0 Å². The maximum Gasteiger partial charge on any atom is 0.363 e. The number of carbonyl (C=O) groups excluding carboxylic acids is 1. The topological polar surface area (TPSA) is 65.0 Å². The van der Waals surface area contributed by atoms with E-state index in [-0.39, 0.29) is 11.4 Å². The maximum atomic E-state index is 11.5. The number of aromatic nitrogens is 3. The minimum Gasteiger partial charge on any atom is -0.420 e. The monoisotopic (exact) mass is 235 g/mol. The molecule has 0 saturated heterocycles. The quantitative estimate of drug-likeness (QED) is 0.742. The number of pyridine rings is 1. The third-order valence-corrected chi connectivity index (χ3v) is 1.87. The van der Waals surface area contributed by atoms with Gasteiger partial charge in [0.1, 0.15) is 0 Å². The van der Waals surface area contributed by atoms with Gasteiger partial charge in [0.2, 0.25) is 0 Å². The number of halogens is 1. The Kier molecular flexibility index (Phi) is 3.07. The van der Waals surface area contributed by atoms with Gasteiger partial charge in [0.05, 0.1) is 17.4 Å². The van der Waals surface area contributed by atoms with Crippen molar-refractivity contribution < 1.29 is 9.53 Å². The van der Waals surface area contributed by atoms with Crippen molar-refractivity contribution in [1.29, 1.82) is 0 Å². The lowest BCUT2D eigenvalue weighted by Crippen LogP contribution is -2.10. The molecule has 0 aliphatic rings. The van der Waals surface area contributed by atoms with Gasteiger partial charge >= 0.3 is 5.97 Å². The summed E-state index contributed by atoms with van der Waals surface area (Å²) in [5, 5.41) is 0.393. The number of esters is 1. The first-order valence-electron chi connectivity index (χ1n) is 4.34. The van der Waals surface area contributed by atoms with Crippen LogP contribution in [0, 0.1) is 0 Å². The summed E-state index contributed by atoms with van der Waals surface area (Å²) in [7, 11) is 0. The molecule has 5 nitrogen and oxygen atoms in total. The lowest BCUT2D eigenvalue weighted by molar-refractivity contribution is 0.0727.